The van der Waals surface area contributed by atoms with Crippen LogP contribution in [0.25, 0.3) is 0 Å². The minimum atomic E-state index is 0.166. The molecule has 0 aliphatic carbocycles. The van der Waals surface area contributed by atoms with E-state index in [9.17, 15) is 4.79 Å². The molecule has 0 bridgehead atoms. The van der Waals surface area contributed by atoms with Crippen molar-refractivity contribution in [2.45, 2.75) is 51.6 Å². The number of nitrogens with zero attached hydrogens (tertiary/aromatic N) is 1. The first-order valence-electron chi connectivity index (χ1n) is 7.12. The summed E-state index contributed by atoms with van der Waals surface area (Å²) in [5.74, 6) is 0.438. The van der Waals surface area contributed by atoms with Gasteiger partial charge in [-0.1, -0.05) is 43.7 Å². The second kappa shape index (κ2) is 6.69. The van der Waals surface area contributed by atoms with Crippen LogP contribution in [0.5, 0.6) is 0 Å². The summed E-state index contributed by atoms with van der Waals surface area (Å²) in [7, 11) is 0. The van der Waals surface area contributed by atoms with E-state index in [0.717, 1.165) is 32.4 Å². The van der Waals surface area contributed by atoms with Gasteiger partial charge in [0, 0.05) is 13.0 Å². The van der Waals surface area contributed by atoms with Gasteiger partial charge in [0.25, 0.3) is 0 Å². The molecule has 1 saturated heterocycles. The number of hydrogen-bond acceptors (Lipinski definition) is 2. The van der Waals surface area contributed by atoms with Crippen molar-refractivity contribution < 1.29 is 4.79 Å². The molecule has 1 atom stereocenters. The first-order chi connectivity index (χ1) is 8.81. The smallest absolute Gasteiger partial charge is 0.149 e. The number of likely N-dealkylation sites (tertiary alicyclic amines) is 1. The Bertz CT molecular complexity index is 374. The van der Waals surface area contributed by atoms with E-state index >= 15 is 0 Å². The van der Waals surface area contributed by atoms with Crippen molar-refractivity contribution >= 4 is 5.78 Å². The highest BCUT2D eigenvalue weighted by molar-refractivity contribution is 5.84. The van der Waals surface area contributed by atoms with Crippen LogP contribution in [0.2, 0.25) is 0 Å². The van der Waals surface area contributed by atoms with E-state index in [1.165, 1.54) is 18.4 Å². The van der Waals surface area contributed by atoms with E-state index < -0.39 is 0 Å². The number of piperidine rings is 1. The number of carbonyl (C=O) groups is 1. The SMILES string of the molecule is CCCC(=O)C1CCCCN1Cc1ccccc1. The summed E-state index contributed by atoms with van der Waals surface area (Å²) >= 11 is 0. The number of hydrogen-bond donors (Lipinski definition) is 0. The zero-order valence-corrected chi connectivity index (χ0v) is 11.3. The summed E-state index contributed by atoms with van der Waals surface area (Å²) < 4.78 is 0. The monoisotopic (exact) mass is 245 g/mol. The Hall–Kier alpha value is -1.15. The van der Waals surface area contributed by atoms with Gasteiger partial charge in [-0.3, -0.25) is 9.69 Å². The van der Waals surface area contributed by atoms with Gasteiger partial charge in [0.05, 0.1) is 6.04 Å². The number of rotatable bonds is 5. The van der Waals surface area contributed by atoms with Crippen LogP contribution in [0.4, 0.5) is 0 Å². The maximum atomic E-state index is 12.2. The van der Waals surface area contributed by atoms with Crippen molar-refractivity contribution in [1.29, 1.82) is 0 Å². The highest BCUT2D eigenvalue weighted by atomic mass is 16.1. The van der Waals surface area contributed by atoms with E-state index in [0.29, 0.717) is 5.78 Å². The molecule has 0 spiro atoms. The molecule has 0 radical (unpaired) electrons. The van der Waals surface area contributed by atoms with Gasteiger partial charge in [-0.15, -0.1) is 0 Å². The Morgan fingerprint density at radius 2 is 2.06 bits per heavy atom. The Labute approximate surface area is 110 Å². The van der Waals surface area contributed by atoms with Gasteiger partial charge in [-0.2, -0.15) is 0 Å². The van der Waals surface area contributed by atoms with Crippen LogP contribution in [-0.4, -0.2) is 23.3 Å². The van der Waals surface area contributed by atoms with Crippen molar-refractivity contribution in [1.82, 2.24) is 4.90 Å². The standard InChI is InChI=1S/C16H23NO/c1-2-8-16(18)15-11-6-7-12-17(15)13-14-9-4-3-5-10-14/h3-5,9-10,15H,2,6-8,11-13H2,1H3. The largest absolute Gasteiger partial charge is 0.298 e. The number of benzene rings is 1. The molecule has 0 amide bonds. The lowest BCUT2D eigenvalue weighted by Gasteiger charge is -2.34. The maximum absolute atomic E-state index is 12.2. The van der Waals surface area contributed by atoms with Gasteiger partial charge in [0.15, 0.2) is 0 Å². The molecule has 2 heteroatoms. The Balaban J connectivity index is 2.01. The highest BCUT2D eigenvalue weighted by Gasteiger charge is 2.27. The van der Waals surface area contributed by atoms with Crippen LogP contribution < -0.4 is 0 Å². The third-order valence-electron chi connectivity index (χ3n) is 3.71. The fraction of sp³-hybridized carbons (Fsp3) is 0.562. The van der Waals surface area contributed by atoms with Crippen molar-refractivity contribution in [3.05, 3.63) is 35.9 Å². The lowest BCUT2D eigenvalue weighted by molar-refractivity contribution is -0.125. The highest BCUT2D eigenvalue weighted by Crippen LogP contribution is 2.21. The number of carbonyl (C=O) groups excluding carboxylic acids is 1. The van der Waals surface area contributed by atoms with Gasteiger partial charge in [-0.25, -0.2) is 0 Å². The first kappa shape index (κ1) is 13.3. The van der Waals surface area contributed by atoms with E-state index in [-0.39, 0.29) is 6.04 Å². The fourth-order valence-corrected chi connectivity index (χ4v) is 2.78. The summed E-state index contributed by atoms with van der Waals surface area (Å²) in [5, 5.41) is 0. The second-order valence-electron chi connectivity index (χ2n) is 5.18. The molecule has 1 fully saturated rings. The molecule has 0 saturated carbocycles. The van der Waals surface area contributed by atoms with E-state index in [4.69, 9.17) is 0 Å². The third kappa shape index (κ3) is 3.42. The first-order valence-corrected chi connectivity index (χ1v) is 7.12. The summed E-state index contributed by atoms with van der Waals surface area (Å²) in [4.78, 5) is 14.5. The van der Waals surface area contributed by atoms with Crippen LogP contribution >= 0.6 is 0 Å². The Morgan fingerprint density at radius 3 is 2.78 bits per heavy atom. The van der Waals surface area contributed by atoms with Crippen LogP contribution in [0.15, 0.2) is 30.3 Å². The molecule has 2 rings (SSSR count). The van der Waals surface area contributed by atoms with Crippen LogP contribution in [0.1, 0.15) is 44.6 Å². The third-order valence-corrected chi connectivity index (χ3v) is 3.71. The number of ketones is 1. The average Bonchev–Trinajstić information content (AvgIpc) is 2.41. The van der Waals surface area contributed by atoms with Crippen LogP contribution in [0, 0.1) is 0 Å². The minimum Gasteiger partial charge on any atom is -0.298 e. The molecule has 0 aromatic heterocycles. The lowest BCUT2D eigenvalue weighted by atomic mass is 9.95. The molecule has 1 aromatic carbocycles. The molecule has 0 N–H and O–H groups in total. The zero-order valence-electron chi connectivity index (χ0n) is 11.3. The normalized spacial score (nSPS) is 20.8. The van der Waals surface area contributed by atoms with E-state index in [1.807, 2.05) is 6.07 Å². The zero-order chi connectivity index (χ0) is 12.8. The fourth-order valence-electron chi connectivity index (χ4n) is 2.78. The molecular weight excluding hydrogens is 222 g/mol. The van der Waals surface area contributed by atoms with Crippen molar-refractivity contribution in [2.24, 2.45) is 0 Å². The summed E-state index contributed by atoms with van der Waals surface area (Å²) in [6, 6.07) is 10.6. The topological polar surface area (TPSA) is 20.3 Å². The molecule has 1 unspecified atom stereocenters. The average molecular weight is 245 g/mol. The summed E-state index contributed by atoms with van der Waals surface area (Å²) in [6.45, 7) is 4.07. The predicted octanol–water partition coefficient (Wildman–Crippen LogP) is 3.41. The molecular formula is C16H23NO. The van der Waals surface area contributed by atoms with Crippen molar-refractivity contribution in [2.75, 3.05) is 6.54 Å². The number of Topliss-reactive ketones (excluding diaryl/α,β-unsaturated/α-hetero) is 1. The van der Waals surface area contributed by atoms with Gasteiger partial charge in [0.2, 0.25) is 0 Å². The summed E-state index contributed by atoms with van der Waals surface area (Å²) in [5.41, 5.74) is 1.31. The lowest BCUT2D eigenvalue weighted by Crippen LogP contribution is -2.44. The molecule has 1 heterocycles. The quantitative estimate of drug-likeness (QED) is 0.792. The van der Waals surface area contributed by atoms with Gasteiger partial charge in [0.1, 0.15) is 5.78 Å². The Morgan fingerprint density at radius 1 is 1.28 bits per heavy atom. The Kier molecular flexibility index (Phi) is 4.94. The molecule has 1 aromatic rings. The second-order valence-corrected chi connectivity index (χ2v) is 5.18. The van der Waals surface area contributed by atoms with Gasteiger partial charge >= 0.3 is 0 Å². The molecule has 2 nitrogen and oxygen atoms in total. The molecule has 1 aliphatic heterocycles. The van der Waals surface area contributed by atoms with Crippen molar-refractivity contribution in [3.8, 4) is 0 Å². The van der Waals surface area contributed by atoms with E-state index in [1.54, 1.807) is 0 Å². The maximum Gasteiger partial charge on any atom is 0.149 e. The van der Waals surface area contributed by atoms with Crippen LogP contribution in [-0.2, 0) is 11.3 Å². The van der Waals surface area contributed by atoms with Gasteiger partial charge < -0.3 is 0 Å². The predicted molar refractivity (Wildman–Crippen MR) is 74.4 cm³/mol. The minimum absolute atomic E-state index is 0.166. The van der Waals surface area contributed by atoms with E-state index in [2.05, 4.69) is 36.1 Å². The van der Waals surface area contributed by atoms with Crippen molar-refractivity contribution in [3.63, 3.8) is 0 Å². The van der Waals surface area contributed by atoms with Crippen LogP contribution in [0.3, 0.4) is 0 Å². The summed E-state index contributed by atoms with van der Waals surface area (Å²) in [6.07, 6.45) is 5.17. The molecule has 1 aliphatic rings. The molecule has 98 valence electrons. The molecule has 18 heavy (non-hydrogen) atoms. The van der Waals surface area contributed by atoms with Gasteiger partial charge in [-0.05, 0) is 31.4 Å².